The third-order valence-electron chi connectivity index (χ3n) is 4.04. The van der Waals surface area contributed by atoms with Gasteiger partial charge in [0.1, 0.15) is 10.0 Å². The molecule has 0 bridgehead atoms. The summed E-state index contributed by atoms with van der Waals surface area (Å²) >= 11 is 6.95. The Bertz CT molecular complexity index is 990. The van der Waals surface area contributed by atoms with E-state index in [0.717, 1.165) is 48.7 Å². The zero-order chi connectivity index (χ0) is 16.7. The zero-order valence-corrected chi connectivity index (χ0v) is 15.0. The lowest BCUT2D eigenvalue weighted by atomic mass is 10.2. The van der Waals surface area contributed by atoms with Crippen molar-refractivity contribution in [2.75, 3.05) is 31.1 Å². The molecule has 1 aliphatic heterocycles. The number of anilines is 1. The average molecular weight is 383 g/mol. The molecule has 0 saturated carbocycles. The summed E-state index contributed by atoms with van der Waals surface area (Å²) in [6, 6.07) is 6.67. The van der Waals surface area contributed by atoms with E-state index >= 15 is 0 Å². The van der Waals surface area contributed by atoms with Gasteiger partial charge in [-0.05, 0) is 24.3 Å². The van der Waals surface area contributed by atoms with E-state index in [1.54, 1.807) is 24.5 Å². The molecule has 24 heavy (non-hydrogen) atoms. The quantitative estimate of drug-likeness (QED) is 0.753. The molecule has 126 valence electrons. The Labute approximate surface area is 148 Å². The second-order valence-corrected chi connectivity index (χ2v) is 9.24. The molecule has 1 fully saturated rings. The number of pyridine rings is 1. The van der Waals surface area contributed by atoms with Crippen LogP contribution in [0.4, 0.5) is 5.82 Å². The average Bonchev–Trinajstić information content (AvgIpc) is 3.22. The van der Waals surface area contributed by atoms with Gasteiger partial charge in [0.2, 0.25) is 0 Å². The molecule has 4 heterocycles. The second-order valence-electron chi connectivity index (χ2n) is 5.48. The fourth-order valence-corrected chi connectivity index (χ4v) is 5.82. The number of nitrogens with zero attached hydrogens (tertiary/aromatic N) is 3. The normalized spacial score (nSPS) is 16.0. The molecule has 0 aromatic carbocycles. The highest BCUT2D eigenvalue weighted by atomic mass is 35.5. The van der Waals surface area contributed by atoms with Gasteiger partial charge in [-0.1, -0.05) is 11.6 Å². The minimum atomic E-state index is -3.66. The Balaban J connectivity index is 1.84. The topological polar surface area (TPSA) is 67.2 Å². The Kier molecular flexibility index (Phi) is 4.00. The van der Waals surface area contributed by atoms with Gasteiger partial charge in [-0.15, -0.1) is 11.3 Å². The van der Waals surface area contributed by atoms with Gasteiger partial charge in [0.05, 0.1) is 9.85 Å². The molecule has 0 unspecified atom stereocenters. The number of halogens is 1. The molecule has 1 N–H and O–H groups in total. The third kappa shape index (κ3) is 2.59. The van der Waals surface area contributed by atoms with Crippen LogP contribution in [0.25, 0.3) is 10.9 Å². The van der Waals surface area contributed by atoms with Crippen LogP contribution in [-0.2, 0) is 10.0 Å². The summed E-state index contributed by atoms with van der Waals surface area (Å²) in [5, 5.41) is 4.14. The monoisotopic (exact) mass is 382 g/mol. The summed E-state index contributed by atoms with van der Waals surface area (Å²) in [6.45, 7) is 3.49. The van der Waals surface area contributed by atoms with Crippen molar-refractivity contribution >= 4 is 49.7 Å². The summed E-state index contributed by atoms with van der Waals surface area (Å²) in [5.41, 5.74) is 0.628. The molecule has 3 aromatic rings. The van der Waals surface area contributed by atoms with Crippen LogP contribution in [0, 0.1) is 0 Å². The smallest absolute Gasteiger partial charge is 0.277 e. The van der Waals surface area contributed by atoms with Crippen molar-refractivity contribution in [1.82, 2.24) is 14.3 Å². The second kappa shape index (κ2) is 6.03. The highest BCUT2D eigenvalue weighted by Gasteiger charge is 2.23. The number of hydrogen-bond acceptors (Lipinski definition) is 6. The predicted molar refractivity (Wildman–Crippen MR) is 96.7 cm³/mol. The van der Waals surface area contributed by atoms with E-state index in [0.29, 0.717) is 9.85 Å². The maximum Gasteiger partial charge on any atom is 0.277 e. The van der Waals surface area contributed by atoms with Crippen LogP contribution < -0.4 is 10.2 Å². The molecular formula is C15H15ClN4O2S2. The fourth-order valence-electron chi connectivity index (χ4n) is 2.90. The van der Waals surface area contributed by atoms with Gasteiger partial charge >= 0.3 is 0 Å². The van der Waals surface area contributed by atoms with Gasteiger partial charge in [0.15, 0.2) is 0 Å². The van der Waals surface area contributed by atoms with E-state index in [1.165, 1.54) is 10.0 Å². The highest BCUT2D eigenvalue weighted by Crippen LogP contribution is 2.32. The van der Waals surface area contributed by atoms with Crippen LogP contribution in [-0.4, -0.2) is 43.6 Å². The van der Waals surface area contributed by atoms with E-state index < -0.39 is 10.0 Å². The van der Waals surface area contributed by atoms with Crippen LogP contribution >= 0.6 is 22.9 Å². The Morgan fingerprint density at radius 1 is 1.17 bits per heavy atom. The molecule has 9 heteroatoms. The molecule has 6 nitrogen and oxygen atoms in total. The molecular weight excluding hydrogens is 368 g/mol. The van der Waals surface area contributed by atoms with Gasteiger partial charge in [0, 0.05) is 44.0 Å². The minimum absolute atomic E-state index is 0.227. The number of aromatic nitrogens is 2. The van der Waals surface area contributed by atoms with Crippen molar-refractivity contribution in [2.45, 2.75) is 4.21 Å². The summed E-state index contributed by atoms with van der Waals surface area (Å²) in [5.74, 6) is 0.826. The summed E-state index contributed by atoms with van der Waals surface area (Å²) in [4.78, 5) is 6.65. The molecule has 1 aliphatic rings. The molecule has 0 spiro atoms. The van der Waals surface area contributed by atoms with Crippen molar-refractivity contribution < 1.29 is 8.42 Å². The van der Waals surface area contributed by atoms with Crippen molar-refractivity contribution in [1.29, 1.82) is 0 Å². The highest BCUT2D eigenvalue weighted by molar-refractivity contribution is 7.92. The summed E-state index contributed by atoms with van der Waals surface area (Å²) < 4.78 is 27.7. The van der Waals surface area contributed by atoms with E-state index in [-0.39, 0.29) is 4.21 Å². The van der Waals surface area contributed by atoms with Gasteiger partial charge in [-0.2, -0.15) is 8.42 Å². The number of piperazine rings is 1. The molecule has 0 aliphatic carbocycles. The molecule has 0 atom stereocenters. The Morgan fingerprint density at radius 3 is 2.67 bits per heavy atom. The van der Waals surface area contributed by atoms with Crippen LogP contribution in [0.2, 0.25) is 4.34 Å². The first-order chi connectivity index (χ1) is 11.6. The van der Waals surface area contributed by atoms with Crippen LogP contribution in [0.5, 0.6) is 0 Å². The molecule has 0 amide bonds. The van der Waals surface area contributed by atoms with Crippen molar-refractivity contribution in [2.24, 2.45) is 0 Å². The van der Waals surface area contributed by atoms with Gasteiger partial charge < -0.3 is 10.2 Å². The van der Waals surface area contributed by atoms with E-state index in [2.05, 4.69) is 15.2 Å². The van der Waals surface area contributed by atoms with Crippen molar-refractivity contribution in [3.8, 4) is 0 Å². The van der Waals surface area contributed by atoms with Gasteiger partial charge in [0.25, 0.3) is 10.0 Å². The SMILES string of the molecule is O=S(=O)(c1ccc(Cl)s1)n1ccc2c(N3CCNCC3)nccc21. The van der Waals surface area contributed by atoms with E-state index in [4.69, 9.17) is 11.6 Å². The number of rotatable bonds is 3. The van der Waals surface area contributed by atoms with E-state index in [9.17, 15) is 8.42 Å². The Morgan fingerprint density at radius 2 is 1.96 bits per heavy atom. The first-order valence-electron chi connectivity index (χ1n) is 7.50. The van der Waals surface area contributed by atoms with Crippen LogP contribution in [0.15, 0.2) is 40.9 Å². The van der Waals surface area contributed by atoms with Gasteiger partial charge in [-0.3, -0.25) is 0 Å². The molecule has 1 saturated heterocycles. The van der Waals surface area contributed by atoms with Crippen LogP contribution in [0.1, 0.15) is 0 Å². The largest absolute Gasteiger partial charge is 0.354 e. The third-order valence-corrected chi connectivity index (χ3v) is 7.43. The number of fused-ring (bicyclic) bond motifs is 1. The number of nitrogens with one attached hydrogen (secondary N) is 1. The lowest BCUT2D eigenvalue weighted by molar-refractivity contribution is 0.586. The lowest BCUT2D eigenvalue weighted by Gasteiger charge is -2.28. The predicted octanol–water partition coefficient (Wildman–Crippen LogP) is 2.40. The number of hydrogen-bond donors (Lipinski definition) is 1. The maximum atomic E-state index is 12.9. The summed E-state index contributed by atoms with van der Waals surface area (Å²) in [7, 11) is -3.66. The van der Waals surface area contributed by atoms with Crippen molar-refractivity contribution in [3.63, 3.8) is 0 Å². The molecule has 4 rings (SSSR count). The van der Waals surface area contributed by atoms with Crippen LogP contribution in [0.3, 0.4) is 0 Å². The first-order valence-corrected chi connectivity index (χ1v) is 10.1. The fraction of sp³-hybridized carbons (Fsp3) is 0.267. The van der Waals surface area contributed by atoms with Crippen molar-refractivity contribution in [3.05, 3.63) is 41.0 Å². The number of thiophene rings is 1. The first kappa shape index (κ1) is 15.9. The lowest BCUT2D eigenvalue weighted by Crippen LogP contribution is -2.43. The zero-order valence-electron chi connectivity index (χ0n) is 12.6. The standard InChI is InChI=1S/C15H15ClN4O2S2/c16-13-1-2-14(23-13)24(21,22)20-8-4-11-12(20)3-5-18-15(11)19-9-6-17-7-10-19/h1-5,8,17H,6-7,9-10H2. The Hall–Kier alpha value is -1.61. The van der Waals surface area contributed by atoms with Gasteiger partial charge in [-0.25, -0.2) is 8.96 Å². The van der Waals surface area contributed by atoms with E-state index in [1.807, 2.05) is 6.07 Å². The molecule has 3 aromatic heterocycles. The summed E-state index contributed by atoms with van der Waals surface area (Å²) in [6.07, 6.45) is 3.24. The minimum Gasteiger partial charge on any atom is -0.354 e. The maximum absolute atomic E-state index is 12.9. The molecule has 0 radical (unpaired) electrons.